The zero-order valence-electron chi connectivity index (χ0n) is 11.6. The summed E-state index contributed by atoms with van der Waals surface area (Å²) in [5.74, 6) is 0. The highest BCUT2D eigenvalue weighted by atomic mass is 79.9. The number of aliphatic hydroxyl groups is 1. The van der Waals surface area contributed by atoms with E-state index < -0.39 is 6.10 Å². The molecule has 0 saturated heterocycles. The Hall–Kier alpha value is -0.380. The highest BCUT2D eigenvalue weighted by Gasteiger charge is 2.38. The van der Waals surface area contributed by atoms with Crippen LogP contribution in [0.3, 0.4) is 0 Å². The fourth-order valence-corrected chi connectivity index (χ4v) is 3.51. The molecule has 0 heterocycles. The van der Waals surface area contributed by atoms with Gasteiger partial charge in [0.2, 0.25) is 0 Å². The first-order chi connectivity index (χ1) is 9.18. The molecule has 1 saturated carbocycles. The quantitative estimate of drug-likeness (QED) is 0.844. The van der Waals surface area contributed by atoms with Crippen LogP contribution in [-0.4, -0.2) is 23.9 Å². The highest BCUT2D eigenvalue weighted by molar-refractivity contribution is 9.10. The first kappa shape index (κ1) is 15.0. The third kappa shape index (κ3) is 3.59. The maximum Gasteiger partial charge on any atom is 0.0939 e. The van der Waals surface area contributed by atoms with Gasteiger partial charge in [-0.25, -0.2) is 0 Å². The van der Waals surface area contributed by atoms with Crippen LogP contribution in [0.15, 0.2) is 28.7 Å². The van der Waals surface area contributed by atoms with Crippen molar-refractivity contribution in [2.24, 2.45) is 0 Å². The summed E-state index contributed by atoms with van der Waals surface area (Å²) in [4.78, 5) is 0. The van der Waals surface area contributed by atoms with E-state index in [2.05, 4.69) is 22.0 Å². The van der Waals surface area contributed by atoms with Gasteiger partial charge in [-0.2, -0.15) is 0 Å². The average molecular weight is 327 g/mol. The largest absolute Gasteiger partial charge is 0.390 e. The molecule has 0 aliphatic heterocycles. The van der Waals surface area contributed by atoms with Crippen LogP contribution in [0.2, 0.25) is 0 Å². The second kappa shape index (κ2) is 6.87. The van der Waals surface area contributed by atoms with Gasteiger partial charge in [0, 0.05) is 18.0 Å². The molecule has 0 bridgehead atoms. The molecule has 19 heavy (non-hydrogen) atoms. The Labute approximate surface area is 124 Å². The van der Waals surface area contributed by atoms with Gasteiger partial charge >= 0.3 is 0 Å². The summed E-state index contributed by atoms with van der Waals surface area (Å²) in [5, 5.41) is 10.7. The number of benzene rings is 1. The number of methoxy groups -OCH3 is 1. The lowest BCUT2D eigenvalue weighted by molar-refractivity contribution is -0.111. The lowest BCUT2D eigenvalue weighted by atomic mass is 9.85. The van der Waals surface area contributed by atoms with Crippen LogP contribution in [0.4, 0.5) is 0 Å². The molecule has 2 nitrogen and oxygen atoms in total. The van der Waals surface area contributed by atoms with Crippen molar-refractivity contribution < 1.29 is 9.84 Å². The molecule has 0 radical (unpaired) electrons. The third-order valence-corrected chi connectivity index (χ3v) is 5.11. The van der Waals surface area contributed by atoms with Gasteiger partial charge in [0.25, 0.3) is 0 Å². The zero-order chi connectivity index (χ0) is 13.7. The Kier molecular flexibility index (Phi) is 5.43. The fourth-order valence-electron chi connectivity index (χ4n) is 3.06. The van der Waals surface area contributed by atoms with E-state index in [0.29, 0.717) is 6.42 Å². The van der Waals surface area contributed by atoms with Gasteiger partial charge < -0.3 is 9.84 Å². The molecule has 1 aromatic rings. The van der Waals surface area contributed by atoms with Crippen LogP contribution >= 0.6 is 15.9 Å². The average Bonchev–Trinajstić information content (AvgIpc) is 2.67. The first-order valence-electron chi connectivity index (χ1n) is 7.14. The molecule has 0 spiro atoms. The smallest absolute Gasteiger partial charge is 0.0939 e. The zero-order valence-corrected chi connectivity index (χ0v) is 13.2. The van der Waals surface area contributed by atoms with Crippen molar-refractivity contribution in [2.45, 2.75) is 56.7 Å². The predicted octanol–water partition coefficient (Wildman–Crippen LogP) is 4.09. The van der Waals surface area contributed by atoms with E-state index in [9.17, 15) is 5.11 Å². The van der Waals surface area contributed by atoms with E-state index in [1.807, 2.05) is 18.2 Å². The molecule has 1 atom stereocenters. The number of rotatable bonds is 4. The second-order valence-corrected chi connectivity index (χ2v) is 6.35. The maximum absolute atomic E-state index is 10.7. The van der Waals surface area contributed by atoms with Crippen molar-refractivity contribution in [3.05, 3.63) is 34.3 Å². The molecule has 1 aliphatic rings. The fraction of sp³-hybridized carbons (Fsp3) is 0.625. The van der Waals surface area contributed by atoms with Crippen LogP contribution in [0.5, 0.6) is 0 Å². The number of ether oxygens (including phenoxy) is 1. The summed E-state index contributed by atoms with van der Waals surface area (Å²) >= 11 is 3.55. The molecule has 2 rings (SSSR count). The van der Waals surface area contributed by atoms with Crippen LogP contribution in [0.1, 0.15) is 44.1 Å². The van der Waals surface area contributed by atoms with Crippen LogP contribution in [-0.2, 0) is 11.2 Å². The van der Waals surface area contributed by atoms with Crippen molar-refractivity contribution in [3.8, 4) is 0 Å². The minimum absolute atomic E-state index is 0.355. The Balaban J connectivity index is 2.12. The number of halogens is 1. The monoisotopic (exact) mass is 326 g/mol. The van der Waals surface area contributed by atoms with Gasteiger partial charge in [0.05, 0.1) is 11.7 Å². The number of aliphatic hydroxyl groups excluding tert-OH is 1. The third-order valence-electron chi connectivity index (χ3n) is 4.33. The summed E-state index contributed by atoms with van der Waals surface area (Å²) in [6.07, 6.45) is 6.97. The van der Waals surface area contributed by atoms with Gasteiger partial charge in [-0.3, -0.25) is 0 Å². The minimum Gasteiger partial charge on any atom is -0.390 e. The van der Waals surface area contributed by atoms with Gasteiger partial charge in [0.15, 0.2) is 0 Å². The molecule has 1 N–H and O–H groups in total. The van der Waals surface area contributed by atoms with E-state index in [0.717, 1.165) is 35.7 Å². The number of hydrogen-bond donors (Lipinski definition) is 1. The van der Waals surface area contributed by atoms with Gasteiger partial charge in [-0.15, -0.1) is 0 Å². The van der Waals surface area contributed by atoms with Crippen molar-refractivity contribution >= 4 is 15.9 Å². The van der Waals surface area contributed by atoms with Crippen LogP contribution in [0, 0.1) is 0 Å². The standard InChI is InChI=1S/C16H23BrO2/c1-19-16(10-6-2-3-7-11-16)15(18)12-13-8-4-5-9-14(13)17/h4-5,8-9,15,18H,2-3,6-7,10-12H2,1H3. The summed E-state index contributed by atoms with van der Waals surface area (Å²) in [5.41, 5.74) is 0.793. The molecular weight excluding hydrogens is 304 g/mol. The van der Waals surface area contributed by atoms with Crippen molar-refractivity contribution in [1.82, 2.24) is 0 Å². The lowest BCUT2D eigenvalue weighted by Crippen LogP contribution is -2.45. The molecule has 3 heteroatoms. The maximum atomic E-state index is 10.7. The minimum atomic E-state index is -0.436. The van der Waals surface area contributed by atoms with Crippen molar-refractivity contribution in [3.63, 3.8) is 0 Å². The SMILES string of the molecule is COC1(C(O)Cc2ccccc2Br)CCCCCC1. The molecular formula is C16H23BrO2. The summed E-state index contributed by atoms with van der Waals surface area (Å²) in [6, 6.07) is 8.10. The van der Waals surface area contributed by atoms with E-state index in [-0.39, 0.29) is 5.60 Å². The molecule has 0 aromatic heterocycles. The Morgan fingerprint density at radius 2 is 1.84 bits per heavy atom. The van der Waals surface area contributed by atoms with Gasteiger partial charge in [-0.1, -0.05) is 59.8 Å². The molecule has 1 aliphatic carbocycles. The molecule has 1 aromatic carbocycles. The molecule has 0 amide bonds. The normalized spacial score (nSPS) is 20.8. The molecule has 1 unspecified atom stereocenters. The molecule has 106 valence electrons. The molecule has 1 fully saturated rings. The van der Waals surface area contributed by atoms with E-state index in [1.54, 1.807) is 7.11 Å². The predicted molar refractivity (Wildman–Crippen MR) is 81.3 cm³/mol. The Morgan fingerprint density at radius 1 is 1.21 bits per heavy atom. The lowest BCUT2D eigenvalue weighted by Gasteiger charge is -2.36. The Morgan fingerprint density at radius 3 is 2.42 bits per heavy atom. The number of hydrogen-bond acceptors (Lipinski definition) is 2. The van der Waals surface area contributed by atoms with E-state index in [1.165, 1.54) is 12.8 Å². The van der Waals surface area contributed by atoms with Crippen molar-refractivity contribution in [1.29, 1.82) is 0 Å². The first-order valence-corrected chi connectivity index (χ1v) is 7.94. The topological polar surface area (TPSA) is 29.5 Å². The summed E-state index contributed by atoms with van der Waals surface area (Å²) in [7, 11) is 1.74. The van der Waals surface area contributed by atoms with E-state index >= 15 is 0 Å². The Bertz CT molecular complexity index is 397. The van der Waals surface area contributed by atoms with Gasteiger partial charge in [0.1, 0.15) is 0 Å². The highest BCUT2D eigenvalue weighted by Crippen LogP contribution is 2.35. The second-order valence-electron chi connectivity index (χ2n) is 5.49. The van der Waals surface area contributed by atoms with Gasteiger partial charge in [-0.05, 0) is 24.5 Å². The van der Waals surface area contributed by atoms with Crippen LogP contribution in [0.25, 0.3) is 0 Å². The van der Waals surface area contributed by atoms with Crippen LogP contribution < -0.4 is 0 Å². The van der Waals surface area contributed by atoms with E-state index in [4.69, 9.17) is 4.74 Å². The summed E-state index contributed by atoms with van der Waals surface area (Å²) < 4.78 is 6.83. The summed E-state index contributed by atoms with van der Waals surface area (Å²) in [6.45, 7) is 0. The van der Waals surface area contributed by atoms with Crippen molar-refractivity contribution in [2.75, 3.05) is 7.11 Å².